The van der Waals surface area contributed by atoms with Crippen LogP contribution >= 0.6 is 23.2 Å². The molecule has 0 aliphatic rings. The van der Waals surface area contributed by atoms with E-state index in [0.717, 1.165) is 0 Å². The Hall–Kier alpha value is -0.570. The van der Waals surface area contributed by atoms with Gasteiger partial charge in [0, 0.05) is 0 Å². The summed E-state index contributed by atoms with van der Waals surface area (Å²) in [5.74, 6) is 0. The number of aliphatic hydroxyl groups excluding tert-OH is 2. The van der Waals surface area contributed by atoms with E-state index in [1.165, 1.54) is 19.1 Å². The molecule has 9 heteroatoms. The maximum absolute atomic E-state index is 12.1. The number of aliphatic hydroxyl groups is 2. The van der Waals surface area contributed by atoms with Crippen LogP contribution in [0.4, 0.5) is 5.69 Å². The molecule has 1 rings (SSSR count). The van der Waals surface area contributed by atoms with E-state index in [0.29, 0.717) is 0 Å². The van der Waals surface area contributed by atoms with Gasteiger partial charge in [0.05, 0.1) is 34.5 Å². The molecule has 0 radical (unpaired) electrons. The van der Waals surface area contributed by atoms with Gasteiger partial charge in [-0.05, 0) is 19.1 Å². The van der Waals surface area contributed by atoms with Crippen molar-refractivity contribution in [3.63, 3.8) is 0 Å². The number of halogens is 2. The van der Waals surface area contributed by atoms with Crippen LogP contribution in [0, 0.1) is 0 Å². The van der Waals surface area contributed by atoms with Gasteiger partial charge in [-0.15, -0.1) is 0 Å². The Bertz CT molecular complexity index is 573. The van der Waals surface area contributed by atoms with E-state index in [4.69, 9.17) is 39.1 Å². The third-order valence-corrected chi connectivity index (χ3v) is 4.99. The molecule has 1 aromatic carbocycles. The molecule has 0 heterocycles. The van der Waals surface area contributed by atoms with Crippen molar-refractivity contribution in [3.05, 3.63) is 22.2 Å². The monoisotopic (exact) mass is 328 g/mol. The van der Waals surface area contributed by atoms with Crippen LogP contribution in [-0.2, 0) is 10.0 Å². The van der Waals surface area contributed by atoms with E-state index in [9.17, 15) is 8.42 Å². The first-order valence-electron chi connectivity index (χ1n) is 5.16. The second-order valence-corrected chi connectivity index (χ2v) is 6.69. The van der Waals surface area contributed by atoms with Crippen LogP contribution in [0.3, 0.4) is 0 Å². The molecular weight excluding hydrogens is 315 g/mol. The SMILES string of the molecule is CC(CO)(CO)NS(=O)(=O)c1ccc(Cl)c(N)c1Cl. The summed E-state index contributed by atoms with van der Waals surface area (Å²) in [7, 11) is -4.05. The minimum absolute atomic E-state index is 0.0547. The highest BCUT2D eigenvalue weighted by atomic mass is 35.5. The summed E-state index contributed by atoms with van der Waals surface area (Å²) < 4.78 is 26.4. The Labute approximate surface area is 121 Å². The maximum atomic E-state index is 12.1. The lowest BCUT2D eigenvalue weighted by Gasteiger charge is -2.26. The van der Waals surface area contributed by atoms with Crippen LogP contribution in [-0.4, -0.2) is 37.4 Å². The molecule has 0 amide bonds. The molecule has 0 aromatic heterocycles. The summed E-state index contributed by atoms with van der Waals surface area (Å²) in [5.41, 5.74) is 4.09. The molecule has 0 atom stereocenters. The van der Waals surface area contributed by atoms with Crippen molar-refractivity contribution in [2.75, 3.05) is 18.9 Å². The van der Waals surface area contributed by atoms with Gasteiger partial charge in [-0.25, -0.2) is 13.1 Å². The smallest absolute Gasteiger partial charge is 0.242 e. The number of anilines is 1. The molecular formula is C10H14Cl2N2O4S. The Morgan fingerprint density at radius 1 is 1.32 bits per heavy atom. The molecule has 0 spiro atoms. The molecule has 19 heavy (non-hydrogen) atoms. The largest absolute Gasteiger partial charge is 0.396 e. The summed E-state index contributed by atoms with van der Waals surface area (Å²) in [6.07, 6.45) is 0. The van der Waals surface area contributed by atoms with Crippen LogP contribution in [0.15, 0.2) is 17.0 Å². The number of sulfonamides is 1. The van der Waals surface area contributed by atoms with Crippen molar-refractivity contribution in [3.8, 4) is 0 Å². The minimum atomic E-state index is -4.05. The number of benzene rings is 1. The highest BCUT2D eigenvalue weighted by Gasteiger charge is 2.31. The topological polar surface area (TPSA) is 113 Å². The molecule has 0 bridgehead atoms. The van der Waals surface area contributed by atoms with Crippen molar-refractivity contribution >= 4 is 38.9 Å². The Balaban J connectivity index is 3.26. The lowest BCUT2D eigenvalue weighted by Crippen LogP contribution is -2.51. The molecule has 0 aliphatic heterocycles. The van der Waals surface area contributed by atoms with Gasteiger partial charge in [-0.2, -0.15) is 0 Å². The molecule has 6 nitrogen and oxygen atoms in total. The highest BCUT2D eigenvalue weighted by molar-refractivity contribution is 7.89. The number of hydrogen-bond donors (Lipinski definition) is 4. The Morgan fingerprint density at radius 3 is 2.32 bits per heavy atom. The normalized spacial score (nSPS) is 12.7. The molecule has 0 saturated heterocycles. The first kappa shape index (κ1) is 16.5. The van der Waals surface area contributed by atoms with E-state index < -0.39 is 28.8 Å². The van der Waals surface area contributed by atoms with Gasteiger partial charge >= 0.3 is 0 Å². The first-order chi connectivity index (χ1) is 8.67. The zero-order valence-corrected chi connectivity index (χ0v) is 12.3. The van der Waals surface area contributed by atoms with Gasteiger partial charge in [-0.1, -0.05) is 23.2 Å². The summed E-state index contributed by atoms with van der Waals surface area (Å²) in [4.78, 5) is -0.274. The zero-order chi connectivity index (χ0) is 14.8. The predicted octanol–water partition coefficient (Wildman–Crippen LogP) is 0.597. The third-order valence-electron chi connectivity index (χ3n) is 2.46. The number of nitrogens with one attached hydrogen (secondary N) is 1. The van der Waals surface area contributed by atoms with Crippen LogP contribution in [0.25, 0.3) is 0 Å². The van der Waals surface area contributed by atoms with E-state index >= 15 is 0 Å². The van der Waals surface area contributed by atoms with Crippen molar-refractivity contribution in [2.24, 2.45) is 0 Å². The fraction of sp³-hybridized carbons (Fsp3) is 0.400. The van der Waals surface area contributed by atoms with E-state index in [2.05, 4.69) is 4.72 Å². The van der Waals surface area contributed by atoms with Crippen molar-refractivity contribution < 1.29 is 18.6 Å². The minimum Gasteiger partial charge on any atom is -0.396 e. The summed E-state index contributed by atoms with van der Waals surface area (Å²) in [5, 5.41) is 18.1. The van der Waals surface area contributed by atoms with Gasteiger partial charge in [0.2, 0.25) is 10.0 Å². The summed E-state index contributed by atoms with van der Waals surface area (Å²) in [6, 6.07) is 2.49. The third kappa shape index (κ3) is 3.50. The summed E-state index contributed by atoms with van der Waals surface area (Å²) in [6.45, 7) is 0.185. The maximum Gasteiger partial charge on any atom is 0.242 e. The van der Waals surface area contributed by atoms with Gasteiger partial charge in [0.1, 0.15) is 4.90 Å². The molecule has 1 aromatic rings. The van der Waals surface area contributed by atoms with Crippen LogP contribution in [0.2, 0.25) is 10.0 Å². The van der Waals surface area contributed by atoms with Gasteiger partial charge in [-0.3, -0.25) is 0 Å². The number of hydrogen-bond acceptors (Lipinski definition) is 5. The van der Waals surface area contributed by atoms with Crippen LogP contribution in [0.5, 0.6) is 0 Å². The van der Waals surface area contributed by atoms with E-state index in [1.54, 1.807) is 0 Å². The summed E-state index contributed by atoms with van der Waals surface area (Å²) >= 11 is 11.6. The fourth-order valence-electron chi connectivity index (χ4n) is 1.25. The fourth-order valence-corrected chi connectivity index (χ4v) is 3.41. The van der Waals surface area contributed by atoms with Crippen LogP contribution in [0.1, 0.15) is 6.92 Å². The molecule has 5 N–H and O–H groups in total. The van der Waals surface area contributed by atoms with Crippen molar-refractivity contribution in [1.29, 1.82) is 0 Å². The standard InChI is InChI=1S/C10H14Cl2N2O4S/c1-10(4-15,5-16)14-19(17,18)7-3-2-6(11)9(13)8(7)12/h2-3,14-16H,4-5,13H2,1H3. The highest BCUT2D eigenvalue weighted by Crippen LogP contribution is 2.33. The molecule has 0 saturated carbocycles. The number of nitrogen functional groups attached to an aromatic ring is 1. The quantitative estimate of drug-likeness (QED) is 0.591. The van der Waals surface area contributed by atoms with Gasteiger partial charge in [0.15, 0.2) is 0 Å². The lowest BCUT2D eigenvalue weighted by molar-refractivity contribution is 0.122. The average Bonchev–Trinajstić information content (AvgIpc) is 2.35. The molecule has 108 valence electrons. The lowest BCUT2D eigenvalue weighted by atomic mass is 10.1. The molecule has 0 fully saturated rings. The Kier molecular flexibility index (Phi) is 5.05. The first-order valence-corrected chi connectivity index (χ1v) is 7.40. The molecule has 0 aliphatic carbocycles. The predicted molar refractivity (Wildman–Crippen MR) is 73.8 cm³/mol. The zero-order valence-electron chi connectivity index (χ0n) is 10.0. The van der Waals surface area contributed by atoms with E-state index in [-0.39, 0.29) is 20.6 Å². The molecule has 0 unspecified atom stereocenters. The van der Waals surface area contributed by atoms with Gasteiger partial charge < -0.3 is 15.9 Å². The number of nitrogens with two attached hydrogens (primary N) is 1. The van der Waals surface area contributed by atoms with Gasteiger partial charge in [0.25, 0.3) is 0 Å². The van der Waals surface area contributed by atoms with Crippen molar-refractivity contribution in [2.45, 2.75) is 17.4 Å². The average molecular weight is 329 g/mol. The van der Waals surface area contributed by atoms with Crippen molar-refractivity contribution in [1.82, 2.24) is 4.72 Å². The van der Waals surface area contributed by atoms with Crippen LogP contribution < -0.4 is 10.5 Å². The van der Waals surface area contributed by atoms with E-state index in [1.807, 2.05) is 0 Å². The number of rotatable bonds is 5. The Morgan fingerprint density at radius 2 is 1.84 bits per heavy atom. The second kappa shape index (κ2) is 5.82. The second-order valence-electron chi connectivity index (χ2n) is 4.26.